The Balaban J connectivity index is 1.83. The van der Waals surface area contributed by atoms with Crippen LogP contribution in [0.15, 0.2) is 12.3 Å². The lowest BCUT2D eigenvalue weighted by molar-refractivity contribution is -0.385. The van der Waals surface area contributed by atoms with E-state index in [2.05, 4.69) is 10.3 Å². The molecule has 1 fully saturated rings. The monoisotopic (exact) mass is 265 g/mol. The Morgan fingerprint density at radius 3 is 3.05 bits per heavy atom. The van der Waals surface area contributed by atoms with Gasteiger partial charge in [0.05, 0.1) is 11.0 Å². The number of anilines is 1. The smallest absolute Gasteiger partial charge is 0.287 e. The minimum atomic E-state index is -0.431. The molecule has 1 aromatic heterocycles. The highest BCUT2D eigenvalue weighted by Gasteiger charge is 2.14. The molecule has 0 aromatic carbocycles. The standard InChI is InChI=1S/C13H19N3O3/c1-10-8-11(16(17)18)9-15-13(10)14-6-5-12-4-2-3-7-19-12/h8-9,12H,2-7H2,1H3,(H,14,15). The van der Waals surface area contributed by atoms with Crippen LogP contribution in [0, 0.1) is 17.0 Å². The Labute approximate surface area is 112 Å². The van der Waals surface area contributed by atoms with Crippen molar-refractivity contribution in [3.05, 3.63) is 27.9 Å². The number of hydrogen-bond acceptors (Lipinski definition) is 5. The molecule has 0 bridgehead atoms. The third-order valence-electron chi connectivity index (χ3n) is 3.31. The number of ether oxygens (including phenoxy) is 1. The third-order valence-corrected chi connectivity index (χ3v) is 3.31. The zero-order valence-electron chi connectivity index (χ0n) is 11.1. The molecule has 0 radical (unpaired) electrons. The average Bonchev–Trinajstić information content (AvgIpc) is 2.41. The molecule has 19 heavy (non-hydrogen) atoms. The number of nitrogens with one attached hydrogen (secondary N) is 1. The normalized spacial score (nSPS) is 19.1. The Kier molecular flexibility index (Phi) is 4.68. The van der Waals surface area contributed by atoms with Gasteiger partial charge in [0.2, 0.25) is 0 Å². The fraction of sp³-hybridized carbons (Fsp3) is 0.615. The molecule has 1 unspecified atom stereocenters. The summed E-state index contributed by atoms with van der Waals surface area (Å²) in [5.41, 5.74) is 0.817. The molecule has 1 aliphatic heterocycles. The van der Waals surface area contributed by atoms with Crippen molar-refractivity contribution in [1.82, 2.24) is 4.98 Å². The molecule has 1 atom stereocenters. The quantitative estimate of drug-likeness (QED) is 0.654. The van der Waals surface area contributed by atoms with Crippen molar-refractivity contribution in [2.75, 3.05) is 18.5 Å². The van der Waals surface area contributed by atoms with Gasteiger partial charge in [-0.3, -0.25) is 10.1 Å². The summed E-state index contributed by atoms with van der Waals surface area (Å²) in [6, 6.07) is 1.53. The molecule has 6 heteroatoms. The van der Waals surface area contributed by atoms with Gasteiger partial charge in [0.1, 0.15) is 12.0 Å². The van der Waals surface area contributed by atoms with E-state index >= 15 is 0 Å². The fourth-order valence-electron chi connectivity index (χ4n) is 2.23. The number of aromatic nitrogens is 1. The summed E-state index contributed by atoms with van der Waals surface area (Å²) in [7, 11) is 0. The summed E-state index contributed by atoms with van der Waals surface area (Å²) < 4.78 is 5.65. The number of aryl methyl sites for hydroxylation is 1. The molecule has 104 valence electrons. The lowest BCUT2D eigenvalue weighted by Crippen LogP contribution is -2.22. The van der Waals surface area contributed by atoms with E-state index in [1.807, 2.05) is 6.92 Å². The van der Waals surface area contributed by atoms with Crippen molar-refractivity contribution in [1.29, 1.82) is 0 Å². The zero-order valence-corrected chi connectivity index (χ0v) is 11.1. The fourth-order valence-corrected chi connectivity index (χ4v) is 2.23. The molecular weight excluding hydrogens is 246 g/mol. The van der Waals surface area contributed by atoms with Gasteiger partial charge in [0, 0.05) is 19.2 Å². The molecule has 1 aromatic rings. The van der Waals surface area contributed by atoms with E-state index in [9.17, 15) is 10.1 Å². The van der Waals surface area contributed by atoms with Gasteiger partial charge in [-0.2, -0.15) is 0 Å². The average molecular weight is 265 g/mol. The van der Waals surface area contributed by atoms with Gasteiger partial charge in [0.15, 0.2) is 0 Å². The summed E-state index contributed by atoms with van der Waals surface area (Å²) >= 11 is 0. The predicted molar refractivity (Wildman–Crippen MR) is 72.3 cm³/mol. The van der Waals surface area contributed by atoms with Crippen LogP contribution >= 0.6 is 0 Å². The Hall–Kier alpha value is -1.69. The van der Waals surface area contributed by atoms with Gasteiger partial charge >= 0.3 is 0 Å². The second-order valence-corrected chi connectivity index (χ2v) is 4.82. The van der Waals surface area contributed by atoms with Crippen molar-refractivity contribution in [2.24, 2.45) is 0 Å². The van der Waals surface area contributed by atoms with E-state index < -0.39 is 4.92 Å². The van der Waals surface area contributed by atoms with Crippen molar-refractivity contribution in [3.8, 4) is 0 Å². The molecular formula is C13H19N3O3. The third kappa shape index (κ3) is 3.89. The molecule has 0 aliphatic carbocycles. The molecule has 2 rings (SSSR count). The van der Waals surface area contributed by atoms with Crippen LogP contribution in [0.25, 0.3) is 0 Å². The molecule has 1 saturated heterocycles. The van der Waals surface area contributed by atoms with Crippen LogP contribution < -0.4 is 5.32 Å². The van der Waals surface area contributed by atoms with Crippen LogP contribution in [-0.2, 0) is 4.74 Å². The van der Waals surface area contributed by atoms with Gasteiger partial charge in [-0.25, -0.2) is 4.98 Å². The topological polar surface area (TPSA) is 77.3 Å². The predicted octanol–water partition coefficient (Wildman–Crippen LogP) is 2.67. The maximum atomic E-state index is 10.6. The van der Waals surface area contributed by atoms with Crippen LogP contribution in [0.5, 0.6) is 0 Å². The molecule has 0 saturated carbocycles. The number of pyridine rings is 1. The number of hydrogen-bond donors (Lipinski definition) is 1. The number of nitro groups is 1. The summed E-state index contributed by atoms with van der Waals surface area (Å²) in [6.07, 6.45) is 6.07. The van der Waals surface area contributed by atoms with E-state index in [1.165, 1.54) is 18.7 Å². The van der Waals surface area contributed by atoms with Crippen molar-refractivity contribution in [3.63, 3.8) is 0 Å². The van der Waals surface area contributed by atoms with Gasteiger partial charge in [-0.15, -0.1) is 0 Å². The molecule has 1 N–H and O–H groups in total. The first kappa shape index (κ1) is 13.7. The minimum Gasteiger partial charge on any atom is -0.378 e. The van der Waals surface area contributed by atoms with Crippen molar-refractivity contribution in [2.45, 2.75) is 38.7 Å². The van der Waals surface area contributed by atoms with Crippen LogP contribution in [0.1, 0.15) is 31.2 Å². The molecule has 0 amide bonds. The highest BCUT2D eigenvalue weighted by molar-refractivity contribution is 5.48. The van der Waals surface area contributed by atoms with Crippen LogP contribution in [-0.4, -0.2) is 29.2 Å². The van der Waals surface area contributed by atoms with Crippen LogP contribution in [0.4, 0.5) is 11.5 Å². The SMILES string of the molecule is Cc1cc([N+](=O)[O-])cnc1NCCC1CCCCO1. The summed E-state index contributed by atoms with van der Waals surface area (Å²) in [6.45, 7) is 3.45. The van der Waals surface area contributed by atoms with E-state index in [-0.39, 0.29) is 5.69 Å². The Morgan fingerprint density at radius 2 is 2.42 bits per heavy atom. The second-order valence-electron chi connectivity index (χ2n) is 4.82. The van der Waals surface area contributed by atoms with Gasteiger partial charge in [-0.1, -0.05) is 0 Å². The second kappa shape index (κ2) is 6.47. The maximum Gasteiger partial charge on any atom is 0.287 e. The molecule has 6 nitrogen and oxygen atoms in total. The molecule has 2 heterocycles. The van der Waals surface area contributed by atoms with Gasteiger partial charge in [0.25, 0.3) is 5.69 Å². The highest BCUT2D eigenvalue weighted by atomic mass is 16.6. The first-order valence-corrected chi connectivity index (χ1v) is 6.63. The van der Waals surface area contributed by atoms with Crippen LogP contribution in [0.2, 0.25) is 0 Å². The van der Waals surface area contributed by atoms with Gasteiger partial charge < -0.3 is 10.1 Å². The lowest BCUT2D eigenvalue weighted by atomic mass is 10.1. The van der Waals surface area contributed by atoms with E-state index in [0.29, 0.717) is 11.9 Å². The van der Waals surface area contributed by atoms with E-state index in [0.717, 1.165) is 38.0 Å². The van der Waals surface area contributed by atoms with E-state index in [4.69, 9.17) is 4.74 Å². The van der Waals surface area contributed by atoms with Crippen molar-refractivity contribution < 1.29 is 9.66 Å². The highest BCUT2D eigenvalue weighted by Crippen LogP contribution is 2.19. The molecule has 0 spiro atoms. The first-order valence-electron chi connectivity index (χ1n) is 6.63. The maximum absolute atomic E-state index is 10.6. The minimum absolute atomic E-state index is 0.0265. The first-order chi connectivity index (χ1) is 9.16. The summed E-state index contributed by atoms with van der Waals surface area (Å²) in [4.78, 5) is 14.3. The summed E-state index contributed by atoms with van der Waals surface area (Å²) in [5, 5.41) is 13.8. The zero-order chi connectivity index (χ0) is 13.7. The lowest BCUT2D eigenvalue weighted by Gasteiger charge is -2.22. The number of nitrogens with zero attached hydrogens (tertiary/aromatic N) is 2. The van der Waals surface area contributed by atoms with Crippen molar-refractivity contribution >= 4 is 11.5 Å². The van der Waals surface area contributed by atoms with Gasteiger partial charge in [-0.05, 0) is 38.2 Å². The number of rotatable bonds is 5. The van der Waals surface area contributed by atoms with E-state index in [1.54, 1.807) is 0 Å². The molecule has 1 aliphatic rings. The Morgan fingerprint density at radius 1 is 1.58 bits per heavy atom. The van der Waals surface area contributed by atoms with Crippen LogP contribution in [0.3, 0.4) is 0 Å². The summed E-state index contributed by atoms with van der Waals surface area (Å²) in [5.74, 6) is 0.710. The largest absolute Gasteiger partial charge is 0.378 e. The Bertz CT molecular complexity index is 445.